The summed E-state index contributed by atoms with van der Waals surface area (Å²) < 4.78 is 20.0. The van der Waals surface area contributed by atoms with Gasteiger partial charge in [0.2, 0.25) is 0 Å². The van der Waals surface area contributed by atoms with Crippen LogP contribution in [0.15, 0.2) is 0 Å². The predicted molar refractivity (Wildman–Crippen MR) is 83.3 cm³/mol. The zero-order valence-corrected chi connectivity index (χ0v) is 15.5. The van der Waals surface area contributed by atoms with Gasteiger partial charge in [-0.2, -0.15) is 0 Å². The van der Waals surface area contributed by atoms with Gasteiger partial charge in [-0.05, 0) is 43.8 Å². The Morgan fingerprint density at radius 2 is 1.90 bits per heavy atom. The van der Waals surface area contributed by atoms with E-state index in [4.69, 9.17) is 25.7 Å². The lowest BCUT2D eigenvalue weighted by molar-refractivity contribution is -0.158. The smallest absolute Gasteiger partial charge is 0.192 e. The average molecular weight is 322 g/mol. The largest absolute Gasteiger partial charge is 0.415 e. The van der Waals surface area contributed by atoms with Gasteiger partial charge in [0.1, 0.15) is 12.2 Å². The molecule has 0 saturated carbocycles. The molecule has 3 unspecified atom stereocenters. The van der Waals surface area contributed by atoms with Crippen LogP contribution in [0.5, 0.6) is 0 Å². The second-order valence-corrected chi connectivity index (χ2v) is 13.1. The van der Waals surface area contributed by atoms with E-state index in [-0.39, 0.29) is 23.3 Å². The van der Waals surface area contributed by atoms with Crippen molar-refractivity contribution in [1.82, 2.24) is 4.42 Å². The molecule has 0 aromatic heterocycles. The molecule has 2 heterocycles. The molecule has 4 nitrogen and oxygen atoms in total. The molecule has 2 saturated heterocycles. The molecule has 118 valence electrons. The van der Waals surface area contributed by atoms with E-state index < -0.39 is 14.1 Å². The summed E-state index contributed by atoms with van der Waals surface area (Å²) in [4.78, 5) is 0. The topological polar surface area (TPSA) is 30.9 Å². The second-order valence-electron chi connectivity index (χ2n) is 7.86. The second kappa shape index (κ2) is 5.21. The van der Waals surface area contributed by atoms with Gasteiger partial charge < -0.3 is 13.9 Å². The van der Waals surface area contributed by atoms with Gasteiger partial charge in [-0.3, -0.25) is 0 Å². The van der Waals surface area contributed by atoms with Crippen molar-refractivity contribution in [3.8, 4) is 0 Å². The van der Waals surface area contributed by atoms with Crippen LogP contribution in [-0.2, 0) is 13.9 Å². The summed E-state index contributed by atoms with van der Waals surface area (Å²) >= 11 is 6.33. The summed E-state index contributed by atoms with van der Waals surface area (Å²) in [6.45, 7) is 16.5. The maximum atomic E-state index is 6.33. The molecule has 20 heavy (non-hydrogen) atoms. The van der Waals surface area contributed by atoms with E-state index in [2.05, 4.69) is 33.9 Å². The minimum absolute atomic E-state index is 0.00673. The molecule has 6 heteroatoms. The highest BCUT2D eigenvalue weighted by Crippen LogP contribution is 2.40. The van der Waals surface area contributed by atoms with Gasteiger partial charge in [0, 0.05) is 6.54 Å². The van der Waals surface area contributed by atoms with Crippen molar-refractivity contribution in [3.63, 3.8) is 0 Å². The molecule has 3 atom stereocenters. The van der Waals surface area contributed by atoms with Crippen molar-refractivity contribution in [2.24, 2.45) is 0 Å². The summed E-state index contributed by atoms with van der Waals surface area (Å²) in [7, 11) is -1.76. The Balaban J connectivity index is 1.99. The van der Waals surface area contributed by atoms with E-state index in [9.17, 15) is 0 Å². The van der Waals surface area contributed by atoms with E-state index in [1.165, 1.54) is 0 Å². The summed E-state index contributed by atoms with van der Waals surface area (Å²) in [6, 6.07) is 0.0672. The quantitative estimate of drug-likeness (QED) is 0.589. The normalized spacial score (nSPS) is 34.5. The Morgan fingerprint density at radius 3 is 2.45 bits per heavy atom. The maximum Gasteiger partial charge on any atom is 0.192 e. The third-order valence-corrected chi connectivity index (χ3v) is 9.63. The van der Waals surface area contributed by atoms with Gasteiger partial charge in [-0.25, -0.2) is 4.42 Å². The molecule has 0 amide bonds. The van der Waals surface area contributed by atoms with Gasteiger partial charge in [-0.15, -0.1) is 0 Å². The molecule has 0 spiro atoms. The minimum Gasteiger partial charge on any atom is -0.415 e. The van der Waals surface area contributed by atoms with Crippen molar-refractivity contribution in [2.75, 3.05) is 13.2 Å². The van der Waals surface area contributed by atoms with Crippen molar-refractivity contribution < 1.29 is 13.9 Å². The Hall–Kier alpha value is 0.347. The molecule has 0 bridgehead atoms. The van der Waals surface area contributed by atoms with Crippen LogP contribution in [0.3, 0.4) is 0 Å². The third-order valence-electron chi connectivity index (χ3n) is 4.74. The Morgan fingerprint density at radius 1 is 1.30 bits per heavy atom. The van der Waals surface area contributed by atoms with Crippen molar-refractivity contribution in [1.29, 1.82) is 0 Å². The number of nitrogens with zero attached hydrogens (tertiary/aromatic N) is 1. The van der Waals surface area contributed by atoms with E-state index in [1.54, 1.807) is 4.42 Å². The van der Waals surface area contributed by atoms with Crippen LogP contribution in [0, 0.1) is 0 Å². The zero-order valence-electron chi connectivity index (χ0n) is 13.7. The molecule has 0 aromatic carbocycles. The van der Waals surface area contributed by atoms with Crippen LogP contribution in [-0.4, -0.2) is 49.9 Å². The van der Waals surface area contributed by atoms with Gasteiger partial charge >= 0.3 is 0 Å². The Bertz CT molecular complexity index is 370. The molecule has 0 N–H and O–H groups in total. The number of ether oxygens (including phenoxy) is 2. The number of halogens is 1. The first-order valence-electron chi connectivity index (χ1n) is 7.35. The SMILES string of the molecule is CC1(C)OC2CN(Cl)C(CO[Si](C)(C)C(C)(C)C)C2O1. The molecule has 0 aromatic rings. The number of hydrogen-bond donors (Lipinski definition) is 0. The first kappa shape index (κ1) is 16.7. The fourth-order valence-corrected chi connectivity index (χ4v) is 3.81. The first-order chi connectivity index (χ1) is 8.93. The molecule has 2 aliphatic rings. The molecular formula is C14H28ClNO3Si. The van der Waals surface area contributed by atoms with E-state index in [0.29, 0.717) is 13.2 Å². The predicted octanol–water partition coefficient (Wildman–Crippen LogP) is 3.37. The Kier molecular flexibility index (Phi) is 4.36. The number of rotatable bonds is 3. The number of fused-ring (bicyclic) bond motifs is 1. The van der Waals surface area contributed by atoms with Gasteiger partial charge in [0.15, 0.2) is 14.1 Å². The highest BCUT2D eigenvalue weighted by Gasteiger charge is 2.53. The van der Waals surface area contributed by atoms with Gasteiger partial charge in [0.25, 0.3) is 0 Å². The lowest BCUT2D eigenvalue weighted by Crippen LogP contribution is -2.46. The average Bonchev–Trinajstić information content (AvgIpc) is 2.64. The highest BCUT2D eigenvalue weighted by molar-refractivity contribution is 6.74. The fraction of sp³-hybridized carbons (Fsp3) is 1.00. The lowest BCUT2D eigenvalue weighted by Gasteiger charge is -2.38. The van der Waals surface area contributed by atoms with Crippen LogP contribution in [0.2, 0.25) is 18.1 Å². The van der Waals surface area contributed by atoms with E-state index in [1.807, 2.05) is 13.8 Å². The number of hydrogen-bond acceptors (Lipinski definition) is 4. The molecule has 2 rings (SSSR count). The minimum atomic E-state index is -1.76. The van der Waals surface area contributed by atoms with Crippen LogP contribution >= 0.6 is 11.8 Å². The third kappa shape index (κ3) is 3.23. The van der Waals surface area contributed by atoms with Crippen molar-refractivity contribution >= 4 is 20.1 Å². The standard InChI is InChI=1S/C14H28ClNO3Si/c1-13(2,3)20(6,7)17-9-10-12-11(8-16(10)15)18-14(4,5)19-12/h10-12H,8-9H2,1-7H3. The maximum absolute atomic E-state index is 6.33. The molecule has 0 radical (unpaired) electrons. The Labute approximate surface area is 128 Å². The van der Waals surface area contributed by atoms with Crippen LogP contribution in [0.1, 0.15) is 34.6 Å². The van der Waals surface area contributed by atoms with Gasteiger partial charge in [0.05, 0.1) is 12.6 Å². The lowest BCUT2D eigenvalue weighted by atomic mass is 10.1. The monoisotopic (exact) mass is 321 g/mol. The van der Waals surface area contributed by atoms with Crippen molar-refractivity contribution in [2.45, 2.75) is 76.8 Å². The van der Waals surface area contributed by atoms with Crippen molar-refractivity contribution in [3.05, 3.63) is 0 Å². The summed E-state index contributed by atoms with van der Waals surface area (Å²) in [5.74, 6) is -0.511. The highest BCUT2D eigenvalue weighted by atomic mass is 35.5. The molecule has 0 aliphatic carbocycles. The molecule has 2 aliphatic heterocycles. The van der Waals surface area contributed by atoms with Gasteiger partial charge in [-0.1, -0.05) is 20.8 Å². The summed E-state index contributed by atoms with van der Waals surface area (Å²) in [5, 5.41) is 0.203. The summed E-state index contributed by atoms with van der Waals surface area (Å²) in [5.41, 5.74) is 0. The van der Waals surface area contributed by atoms with Crippen LogP contribution in [0.25, 0.3) is 0 Å². The summed E-state index contributed by atoms with van der Waals surface area (Å²) in [6.07, 6.45) is 0.0581. The molecular weight excluding hydrogens is 294 g/mol. The van der Waals surface area contributed by atoms with Crippen LogP contribution in [0.4, 0.5) is 0 Å². The first-order valence-corrected chi connectivity index (χ1v) is 10.6. The van der Waals surface area contributed by atoms with E-state index >= 15 is 0 Å². The molecule has 2 fully saturated rings. The zero-order chi connectivity index (χ0) is 15.3. The van der Waals surface area contributed by atoms with E-state index in [0.717, 1.165) is 0 Å². The van der Waals surface area contributed by atoms with Crippen LogP contribution < -0.4 is 0 Å². The fourth-order valence-electron chi connectivity index (χ4n) is 2.48.